The van der Waals surface area contributed by atoms with E-state index in [0.717, 1.165) is 36.9 Å². The lowest BCUT2D eigenvalue weighted by Gasteiger charge is -2.29. The Morgan fingerprint density at radius 2 is 2.08 bits per heavy atom. The second-order valence-electron chi connectivity index (χ2n) is 7.21. The van der Waals surface area contributed by atoms with Crippen molar-refractivity contribution in [2.24, 2.45) is 12.5 Å². The third-order valence-electron chi connectivity index (χ3n) is 5.79. The summed E-state index contributed by atoms with van der Waals surface area (Å²) < 4.78 is 3.21. The van der Waals surface area contributed by atoms with E-state index >= 15 is 0 Å². The van der Waals surface area contributed by atoms with E-state index in [1.807, 2.05) is 18.4 Å². The van der Waals surface area contributed by atoms with Crippen LogP contribution in [0.4, 0.5) is 0 Å². The van der Waals surface area contributed by atoms with Crippen LogP contribution in [-0.4, -0.2) is 35.7 Å². The molecule has 2 aliphatic carbocycles. The standard InChI is InChI=1S/C18H19N5O2S/c1-22-16(25)11-9-19-17(26-2)21-15(11)23(22)12-4-3-10-5-6-18(7-8-18)14(24)13(10)20-12/h3-4,9,14,24H,5-8H2,1-2H3. The van der Waals surface area contributed by atoms with Crippen LogP contribution in [0.1, 0.15) is 36.6 Å². The number of rotatable bonds is 2. The van der Waals surface area contributed by atoms with E-state index in [2.05, 4.69) is 9.97 Å². The summed E-state index contributed by atoms with van der Waals surface area (Å²) in [6.07, 6.45) is 7.04. The molecule has 1 saturated carbocycles. The highest BCUT2D eigenvalue weighted by atomic mass is 32.2. The number of thioether (sulfide) groups is 1. The average molecular weight is 369 g/mol. The molecule has 3 heterocycles. The van der Waals surface area contributed by atoms with Gasteiger partial charge in [-0.1, -0.05) is 17.8 Å². The molecule has 1 unspecified atom stereocenters. The third kappa shape index (κ3) is 2.12. The summed E-state index contributed by atoms with van der Waals surface area (Å²) in [5.74, 6) is 0.598. The summed E-state index contributed by atoms with van der Waals surface area (Å²) in [5, 5.41) is 11.9. The van der Waals surface area contributed by atoms with E-state index in [-0.39, 0.29) is 11.0 Å². The summed E-state index contributed by atoms with van der Waals surface area (Å²) in [4.78, 5) is 26.1. The summed E-state index contributed by atoms with van der Waals surface area (Å²) in [6.45, 7) is 0. The molecule has 1 N–H and O–H groups in total. The van der Waals surface area contributed by atoms with Crippen molar-refractivity contribution in [2.75, 3.05) is 6.26 Å². The van der Waals surface area contributed by atoms with Crippen LogP contribution in [0.2, 0.25) is 0 Å². The molecule has 134 valence electrons. The first kappa shape index (κ1) is 16.0. The molecule has 3 aromatic heterocycles. The van der Waals surface area contributed by atoms with E-state index in [9.17, 15) is 9.90 Å². The van der Waals surface area contributed by atoms with Gasteiger partial charge in [-0.25, -0.2) is 24.3 Å². The number of aromatic nitrogens is 5. The van der Waals surface area contributed by atoms with Gasteiger partial charge in [-0.05, 0) is 43.6 Å². The molecular weight excluding hydrogens is 350 g/mol. The molecule has 8 heteroatoms. The molecule has 1 spiro atoms. The molecule has 0 saturated heterocycles. The number of hydrogen-bond donors (Lipinski definition) is 1. The van der Waals surface area contributed by atoms with E-state index in [1.54, 1.807) is 17.9 Å². The van der Waals surface area contributed by atoms with Crippen LogP contribution in [-0.2, 0) is 13.5 Å². The van der Waals surface area contributed by atoms with E-state index < -0.39 is 6.10 Å². The quantitative estimate of drug-likeness (QED) is 0.549. The van der Waals surface area contributed by atoms with Gasteiger partial charge >= 0.3 is 0 Å². The molecule has 0 amide bonds. The number of hydrogen-bond acceptors (Lipinski definition) is 6. The van der Waals surface area contributed by atoms with Crippen molar-refractivity contribution in [3.63, 3.8) is 0 Å². The largest absolute Gasteiger partial charge is 0.386 e. The van der Waals surface area contributed by atoms with Gasteiger partial charge in [0, 0.05) is 18.7 Å². The van der Waals surface area contributed by atoms with Crippen LogP contribution in [0, 0.1) is 5.41 Å². The van der Waals surface area contributed by atoms with Crippen molar-refractivity contribution in [2.45, 2.75) is 36.9 Å². The van der Waals surface area contributed by atoms with Gasteiger partial charge in [0.1, 0.15) is 11.5 Å². The Morgan fingerprint density at radius 1 is 1.27 bits per heavy atom. The zero-order valence-electron chi connectivity index (χ0n) is 14.6. The van der Waals surface area contributed by atoms with Gasteiger partial charge in [0.2, 0.25) is 0 Å². The van der Waals surface area contributed by atoms with Gasteiger partial charge in [-0.15, -0.1) is 0 Å². The first-order valence-corrected chi connectivity index (χ1v) is 9.93. The minimum atomic E-state index is -0.526. The van der Waals surface area contributed by atoms with Gasteiger partial charge < -0.3 is 5.11 Å². The van der Waals surface area contributed by atoms with Crippen molar-refractivity contribution in [1.29, 1.82) is 0 Å². The fraction of sp³-hybridized carbons (Fsp3) is 0.444. The molecule has 0 bridgehead atoms. The molecule has 26 heavy (non-hydrogen) atoms. The normalized spacial score (nSPS) is 20.5. The van der Waals surface area contributed by atoms with E-state index in [4.69, 9.17) is 4.98 Å². The van der Waals surface area contributed by atoms with Crippen molar-refractivity contribution < 1.29 is 5.11 Å². The maximum absolute atomic E-state index is 12.6. The highest BCUT2D eigenvalue weighted by Gasteiger charge is 2.52. The summed E-state index contributed by atoms with van der Waals surface area (Å²) in [6, 6.07) is 3.92. The minimum Gasteiger partial charge on any atom is -0.386 e. The lowest BCUT2D eigenvalue weighted by molar-refractivity contribution is 0.0734. The SMILES string of the molecule is CSc1ncc2c(=O)n(C)n(-c3ccc4c(n3)C(O)C3(CC4)CC3)c2n1. The summed E-state index contributed by atoms with van der Waals surface area (Å²) in [7, 11) is 1.70. The van der Waals surface area contributed by atoms with Crippen LogP contribution in [0.15, 0.2) is 28.3 Å². The third-order valence-corrected chi connectivity index (χ3v) is 6.35. The Balaban J connectivity index is 1.73. The number of aryl methyl sites for hydroxylation is 1. The predicted octanol–water partition coefficient (Wildman–Crippen LogP) is 2.00. The topological polar surface area (TPSA) is 85.8 Å². The zero-order valence-corrected chi connectivity index (χ0v) is 15.5. The van der Waals surface area contributed by atoms with Crippen LogP contribution < -0.4 is 5.56 Å². The van der Waals surface area contributed by atoms with Crippen LogP contribution >= 0.6 is 11.8 Å². The Kier molecular flexibility index (Phi) is 3.33. The number of aliphatic hydroxyl groups is 1. The Labute approximate surface area is 154 Å². The first-order valence-electron chi connectivity index (χ1n) is 8.71. The molecule has 7 nitrogen and oxygen atoms in total. The molecule has 3 aromatic rings. The van der Waals surface area contributed by atoms with E-state index in [0.29, 0.717) is 22.0 Å². The lowest BCUT2D eigenvalue weighted by atomic mass is 9.82. The Hall–Kier alpha value is -2.19. The number of aliphatic hydroxyl groups excluding tert-OH is 1. The second kappa shape index (κ2) is 5.40. The highest BCUT2D eigenvalue weighted by molar-refractivity contribution is 7.98. The maximum atomic E-state index is 12.6. The van der Waals surface area contributed by atoms with Gasteiger partial charge in [0.05, 0.1) is 5.69 Å². The zero-order chi connectivity index (χ0) is 18.1. The van der Waals surface area contributed by atoms with Crippen molar-refractivity contribution >= 4 is 22.8 Å². The van der Waals surface area contributed by atoms with Crippen LogP contribution in [0.5, 0.6) is 0 Å². The minimum absolute atomic E-state index is 0.0252. The fourth-order valence-electron chi connectivity index (χ4n) is 3.99. The molecule has 0 aromatic carbocycles. The summed E-state index contributed by atoms with van der Waals surface area (Å²) in [5.41, 5.74) is 2.25. The van der Waals surface area contributed by atoms with Gasteiger partial charge in [-0.2, -0.15) is 0 Å². The number of nitrogens with zero attached hydrogens (tertiary/aromatic N) is 5. The second-order valence-corrected chi connectivity index (χ2v) is 7.99. The first-order chi connectivity index (χ1) is 12.5. The van der Waals surface area contributed by atoms with Crippen molar-refractivity contribution in [3.05, 3.63) is 39.9 Å². The smallest absolute Gasteiger partial charge is 0.277 e. The summed E-state index contributed by atoms with van der Waals surface area (Å²) >= 11 is 1.43. The average Bonchev–Trinajstić information content (AvgIpc) is 3.40. The maximum Gasteiger partial charge on any atom is 0.277 e. The fourth-order valence-corrected chi connectivity index (χ4v) is 4.33. The number of pyridine rings is 1. The van der Waals surface area contributed by atoms with Crippen molar-refractivity contribution in [3.8, 4) is 5.82 Å². The molecule has 5 rings (SSSR count). The lowest BCUT2D eigenvalue weighted by Crippen LogP contribution is -2.25. The van der Waals surface area contributed by atoms with Gasteiger partial charge in [0.25, 0.3) is 5.56 Å². The van der Waals surface area contributed by atoms with E-state index in [1.165, 1.54) is 16.4 Å². The Morgan fingerprint density at radius 3 is 2.81 bits per heavy atom. The molecular formula is C18H19N5O2S. The molecule has 0 radical (unpaired) electrons. The molecule has 1 atom stereocenters. The van der Waals surface area contributed by atoms with Crippen LogP contribution in [0.3, 0.4) is 0 Å². The van der Waals surface area contributed by atoms with Gasteiger partial charge in [-0.3, -0.25) is 4.79 Å². The molecule has 1 fully saturated rings. The van der Waals surface area contributed by atoms with Crippen LogP contribution in [0.25, 0.3) is 16.9 Å². The molecule has 0 aliphatic heterocycles. The Bertz CT molecular complexity index is 1100. The number of fused-ring (bicyclic) bond motifs is 2. The predicted molar refractivity (Wildman–Crippen MR) is 98.6 cm³/mol. The van der Waals surface area contributed by atoms with Crippen molar-refractivity contribution in [1.82, 2.24) is 24.3 Å². The van der Waals surface area contributed by atoms with Gasteiger partial charge in [0.15, 0.2) is 16.6 Å². The highest BCUT2D eigenvalue weighted by Crippen LogP contribution is 2.60. The molecule has 2 aliphatic rings. The monoisotopic (exact) mass is 369 g/mol.